The summed E-state index contributed by atoms with van der Waals surface area (Å²) in [6, 6.07) is 8.21. The number of benzene rings is 1. The molecule has 0 saturated heterocycles. The molecule has 1 amide bonds. The topological polar surface area (TPSA) is 65.5 Å². The molecule has 2 unspecified atom stereocenters. The fraction of sp³-hybridized carbons (Fsp3) is 0.556. The third-order valence-electron chi connectivity index (χ3n) is 3.92. The summed E-state index contributed by atoms with van der Waals surface area (Å²) in [6.45, 7) is 8.44. The summed E-state index contributed by atoms with van der Waals surface area (Å²) in [4.78, 5) is 16.6. The molecule has 1 aromatic carbocycles. The van der Waals surface area contributed by atoms with Gasteiger partial charge in [-0.1, -0.05) is 26.0 Å². The Morgan fingerprint density at radius 1 is 1.30 bits per heavy atom. The molecule has 1 saturated carbocycles. The van der Waals surface area contributed by atoms with Crippen LogP contribution in [-0.4, -0.2) is 31.0 Å². The number of aliphatic imine (C=N–C) groups is 1. The van der Waals surface area contributed by atoms with E-state index >= 15 is 0 Å². The van der Waals surface area contributed by atoms with Gasteiger partial charge >= 0.3 is 0 Å². The maximum Gasteiger partial charge on any atom is 0.251 e. The minimum atomic E-state index is -0.0190. The number of hydrogen-bond acceptors (Lipinski definition) is 2. The van der Waals surface area contributed by atoms with Crippen molar-refractivity contribution in [1.29, 1.82) is 0 Å². The van der Waals surface area contributed by atoms with Crippen LogP contribution in [0.3, 0.4) is 0 Å². The van der Waals surface area contributed by atoms with Gasteiger partial charge in [-0.25, -0.2) is 4.99 Å². The van der Waals surface area contributed by atoms with Gasteiger partial charge in [-0.3, -0.25) is 4.79 Å². The Bertz CT molecular complexity index is 556. The van der Waals surface area contributed by atoms with Crippen molar-refractivity contribution < 1.29 is 4.79 Å². The minimum absolute atomic E-state index is 0.0190. The average Bonchev–Trinajstić information content (AvgIpc) is 3.25. The van der Waals surface area contributed by atoms with Crippen LogP contribution in [-0.2, 0) is 6.54 Å². The monoisotopic (exact) mass is 316 g/mol. The van der Waals surface area contributed by atoms with Gasteiger partial charge in [0.25, 0.3) is 5.91 Å². The van der Waals surface area contributed by atoms with Gasteiger partial charge in [0.2, 0.25) is 0 Å². The maximum absolute atomic E-state index is 12.0. The van der Waals surface area contributed by atoms with Crippen molar-refractivity contribution in [2.75, 3.05) is 13.1 Å². The average molecular weight is 316 g/mol. The molecule has 0 aliphatic heterocycles. The molecule has 2 rings (SSSR count). The van der Waals surface area contributed by atoms with Crippen LogP contribution in [0.2, 0.25) is 0 Å². The zero-order chi connectivity index (χ0) is 16.7. The van der Waals surface area contributed by atoms with E-state index < -0.39 is 0 Å². The highest BCUT2D eigenvalue weighted by Gasteiger charge is 2.33. The van der Waals surface area contributed by atoms with E-state index in [1.807, 2.05) is 31.2 Å². The normalized spacial score (nSPS) is 20.0. The van der Waals surface area contributed by atoms with Crippen molar-refractivity contribution in [3.8, 4) is 0 Å². The first-order valence-corrected chi connectivity index (χ1v) is 8.56. The Hall–Kier alpha value is -2.04. The van der Waals surface area contributed by atoms with Gasteiger partial charge in [-0.15, -0.1) is 0 Å². The Morgan fingerprint density at radius 3 is 2.74 bits per heavy atom. The Kier molecular flexibility index (Phi) is 6.44. The molecule has 1 fully saturated rings. The molecule has 2 atom stereocenters. The number of carbonyl (C=O) groups is 1. The molecule has 0 spiro atoms. The summed E-state index contributed by atoms with van der Waals surface area (Å²) < 4.78 is 0. The first-order chi connectivity index (χ1) is 11.1. The molecule has 0 aromatic heterocycles. The molecule has 0 heterocycles. The molecule has 5 nitrogen and oxygen atoms in total. The Balaban J connectivity index is 1.97. The largest absolute Gasteiger partial charge is 0.357 e. The van der Waals surface area contributed by atoms with Gasteiger partial charge in [0.1, 0.15) is 0 Å². The first kappa shape index (κ1) is 17.3. The number of hydrogen-bond donors (Lipinski definition) is 3. The van der Waals surface area contributed by atoms with Gasteiger partial charge < -0.3 is 16.0 Å². The molecule has 0 radical (unpaired) electrons. The van der Waals surface area contributed by atoms with Crippen molar-refractivity contribution in [1.82, 2.24) is 16.0 Å². The lowest BCUT2D eigenvalue weighted by Crippen LogP contribution is -2.39. The second-order valence-electron chi connectivity index (χ2n) is 6.12. The first-order valence-electron chi connectivity index (χ1n) is 8.56. The maximum atomic E-state index is 12.0. The minimum Gasteiger partial charge on any atom is -0.357 e. The van der Waals surface area contributed by atoms with Crippen molar-refractivity contribution in [2.24, 2.45) is 10.9 Å². The van der Waals surface area contributed by atoms with Crippen LogP contribution in [0, 0.1) is 5.92 Å². The number of nitrogens with one attached hydrogen (secondary N) is 3. The fourth-order valence-electron chi connectivity index (χ4n) is 2.34. The summed E-state index contributed by atoms with van der Waals surface area (Å²) in [5.74, 6) is 1.56. The van der Waals surface area contributed by atoms with Gasteiger partial charge in [0.05, 0.1) is 6.54 Å². The highest BCUT2D eigenvalue weighted by molar-refractivity contribution is 5.94. The number of rotatable bonds is 7. The molecule has 126 valence electrons. The Morgan fingerprint density at radius 2 is 2.09 bits per heavy atom. The van der Waals surface area contributed by atoms with E-state index in [-0.39, 0.29) is 5.91 Å². The van der Waals surface area contributed by atoms with Crippen molar-refractivity contribution >= 4 is 11.9 Å². The van der Waals surface area contributed by atoms with E-state index in [9.17, 15) is 4.79 Å². The Labute approximate surface area is 139 Å². The third-order valence-corrected chi connectivity index (χ3v) is 3.92. The highest BCUT2D eigenvalue weighted by atomic mass is 16.1. The second-order valence-corrected chi connectivity index (χ2v) is 6.12. The summed E-state index contributed by atoms with van der Waals surface area (Å²) in [7, 11) is 0. The molecular weight excluding hydrogens is 288 g/mol. The van der Waals surface area contributed by atoms with Crippen LogP contribution < -0.4 is 16.0 Å². The number of amides is 1. The van der Waals surface area contributed by atoms with Crippen LogP contribution in [0.15, 0.2) is 29.3 Å². The predicted octanol–water partition coefficient (Wildman–Crippen LogP) is 2.29. The van der Waals surface area contributed by atoms with Gasteiger partial charge in [-0.05, 0) is 43.4 Å². The van der Waals surface area contributed by atoms with Gasteiger partial charge in [0.15, 0.2) is 5.96 Å². The molecule has 1 aliphatic rings. The number of carbonyl (C=O) groups excluding carboxylic acids is 1. The molecule has 0 bridgehead atoms. The highest BCUT2D eigenvalue weighted by Crippen LogP contribution is 2.28. The second kappa shape index (κ2) is 8.56. The quantitative estimate of drug-likeness (QED) is 0.534. The van der Waals surface area contributed by atoms with Crippen LogP contribution in [0.1, 0.15) is 49.5 Å². The third kappa shape index (κ3) is 5.58. The van der Waals surface area contributed by atoms with E-state index in [1.54, 1.807) is 0 Å². The summed E-state index contributed by atoms with van der Waals surface area (Å²) in [5.41, 5.74) is 1.73. The van der Waals surface area contributed by atoms with Crippen molar-refractivity contribution in [3.05, 3.63) is 35.4 Å². The molecular formula is C18H28N4O. The lowest BCUT2D eigenvalue weighted by Gasteiger charge is -2.11. The molecule has 3 N–H and O–H groups in total. The number of guanidine groups is 1. The smallest absolute Gasteiger partial charge is 0.251 e. The predicted molar refractivity (Wildman–Crippen MR) is 94.6 cm³/mol. The van der Waals surface area contributed by atoms with E-state index in [2.05, 4.69) is 34.8 Å². The van der Waals surface area contributed by atoms with Crippen LogP contribution in [0.25, 0.3) is 0 Å². The summed E-state index contributed by atoms with van der Waals surface area (Å²) in [5, 5.41) is 9.61. The lowest BCUT2D eigenvalue weighted by molar-refractivity contribution is 0.0953. The van der Waals surface area contributed by atoms with Crippen LogP contribution in [0.5, 0.6) is 0 Å². The van der Waals surface area contributed by atoms with E-state index in [0.29, 0.717) is 24.7 Å². The summed E-state index contributed by atoms with van der Waals surface area (Å²) >= 11 is 0. The molecule has 1 aliphatic carbocycles. The van der Waals surface area contributed by atoms with Crippen LogP contribution in [0.4, 0.5) is 0 Å². The molecule has 23 heavy (non-hydrogen) atoms. The SMILES string of the molecule is CCCNC(=O)c1cccc(CN=C(NCC)NC2CC2C)c1. The van der Waals surface area contributed by atoms with Gasteiger partial charge in [0, 0.05) is 24.7 Å². The van der Waals surface area contributed by atoms with Gasteiger partial charge in [-0.2, -0.15) is 0 Å². The van der Waals surface area contributed by atoms with E-state index in [0.717, 1.165) is 30.4 Å². The van der Waals surface area contributed by atoms with Crippen LogP contribution >= 0.6 is 0 Å². The zero-order valence-electron chi connectivity index (χ0n) is 14.4. The van der Waals surface area contributed by atoms with E-state index in [1.165, 1.54) is 6.42 Å². The summed E-state index contributed by atoms with van der Waals surface area (Å²) in [6.07, 6.45) is 2.14. The fourth-order valence-corrected chi connectivity index (χ4v) is 2.34. The van der Waals surface area contributed by atoms with Crippen molar-refractivity contribution in [2.45, 2.75) is 46.2 Å². The lowest BCUT2D eigenvalue weighted by atomic mass is 10.1. The zero-order valence-corrected chi connectivity index (χ0v) is 14.4. The van der Waals surface area contributed by atoms with E-state index in [4.69, 9.17) is 0 Å². The molecule has 1 aromatic rings. The standard InChI is InChI=1S/C18H28N4O/c1-4-9-20-17(23)15-8-6-7-14(11-15)12-21-18(19-5-2)22-16-10-13(16)3/h6-8,11,13,16H,4-5,9-10,12H2,1-3H3,(H,20,23)(H2,19,21,22). The number of nitrogens with zero attached hydrogens (tertiary/aromatic N) is 1. The van der Waals surface area contributed by atoms with Crippen molar-refractivity contribution in [3.63, 3.8) is 0 Å². The molecule has 5 heteroatoms.